The first kappa shape index (κ1) is 19.3. The van der Waals surface area contributed by atoms with Gasteiger partial charge in [-0.05, 0) is 52.1 Å². The number of aryl methyl sites for hydroxylation is 2. The molecule has 7 heteroatoms. The minimum absolute atomic E-state index is 0.0321. The van der Waals surface area contributed by atoms with Gasteiger partial charge in [-0.3, -0.25) is 9.29 Å². The highest BCUT2D eigenvalue weighted by molar-refractivity contribution is 7.92. The lowest BCUT2D eigenvalue weighted by Gasteiger charge is -2.32. The van der Waals surface area contributed by atoms with Crippen LogP contribution in [0, 0.1) is 19.7 Å². The molecule has 0 spiro atoms. The van der Waals surface area contributed by atoms with Gasteiger partial charge in [0.15, 0.2) is 0 Å². The fourth-order valence-corrected chi connectivity index (χ4v) is 4.22. The van der Waals surface area contributed by atoms with Gasteiger partial charge in [-0.25, -0.2) is 12.8 Å². The molecule has 0 fully saturated rings. The van der Waals surface area contributed by atoms with Gasteiger partial charge in [0.05, 0.1) is 11.9 Å². The third kappa shape index (κ3) is 4.16. The van der Waals surface area contributed by atoms with Crippen LogP contribution < -0.4 is 4.31 Å². The Morgan fingerprint density at radius 1 is 1.16 bits per heavy atom. The van der Waals surface area contributed by atoms with Crippen molar-refractivity contribution in [2.45, 2.75) is 31.7 Å². The van der Waals surface area contributed by atoms with Crippen LogP contribution in [0.2, 0.25) is 0 Å². The summed E-state index contributed by atoms with van der Waals surface area (Å²) in [5.74, 6) is -0.678. The fraction of sp³-hybridized carbons (Fsp3) is 0.389. The van der Waals surface area contributed by atoms with Gasteiger partial charge in [0.1, 0.15) is 10.7 Å². The van der Waals surface area contributed by atoms with E-state index in [0.29, 0.717) is 5.69 Å². The Balaban J connectivity index is 2.63. The number of para-hydroxylation sites is 1. The maximum Gasteiger partial charge on any atom is 0.266 e. The van der Waals surface area contributed by atoms with Gasteiger partial charge in [0, 0.05) is 18.8 Å². The summed E-state index contributed by atoms with van der Waals surface area (Å²) in [5.41, 5.74) is 2.32. The van der Waals surface area contributed by atoms with Crippen LogP contribution in [0.3, 0.4) is 0 Å². The predicted molar refractivity (Wildman–Crippen MR) is 97.8 cm³/mol. The second kappa shape index (κ2) is 7.49. The number of hydrogen-bond acceptors (Lipinski definition) is 4. The lowest BCUT2D eigenvalue weighted by atomic mass is 10.1. The molecule has 0 aliphatic rings. The molecule has 136 valence electrons. The van der Waals surface area contributed by atoms with Crippen molar-refractivity contribution in [1.82, 2.24) is 9.88 Å². The van der Waals surface area contributed by atoms with E-state index in [9.17, 15) is 12.8 Å². The van der Waals surface area contributed by atoms with E-state index in [-0.39, 0.29) is 17.5 Å². The van der Waals surface area contributed by atoms with E-state index in [1.165, 1.54) is 10.5 Å². The monoisotopic (exact) mass is 365 g/mol. The van der Waals surface area contributed by atoms with E-state index in [4.69, 9.17) is 0 Å². The summed E-state index contributed by atoms with van der Waals surface area (Å²) < 4.78 is 41.4. The zero-order valence-electron chi connectivity index (χ0n) is 15.2. The van der Waals surface area contributed by atoms with E-state index in [2.05, 4.69) is 4.98 Å². The number of benzene rings is 1. The van der Waals surface area contributed by atoms with E-state index in [0.717, 1.165) is 23.4 Å². The smallest absolute Gasteiger partial charge is 0.266 e. The first-order valence-corrected chi connectivity index (χ1v) is 9.44. The minimum Gasteiger partial charge on any atom is -0.305 e. The largest absolute Gasteiger partial charge is 0.305 e. The van der Waals surface area contributed by atoms with E-state index < -0.39 is 15.8 Å². The third-order valence-electron chi connectivity index (χ3n) is 4.27. The lowest BCUT2D eigenvalue weighted by molar-refractivity contribution is 0.320. The Bertz CT molecular complexity index is 833. The van der Waals surface area contributed by atoms with Gasteiger partial charge >= 0.3 is 0 Å². The topological polar surface area (TPSA) is 53.5 Å². The number of anilines is 1. The number of nitrogens with zero attached hydrogens (tertiary/aromatic N) is 3. The second-order valence-electron chi connectivity index (χ2n) is 6.43. The van der Waals surface area contributed by atoms with Crippen LogP contribution in [0.4, 0.5) is 10.1 Å². The van der Waals surface area contributed by atoms with Gasteiger partial charge in [-0.2, -0.15) is 0 Å². The number of hydrogen-bond donors (Lipinski definition) is 0. The van der Waals surface area contributed by atoms with Gasteiger partial charge < -0.3 is 4.90 Å². The Labute approximate surface area is 149 Å². The average Bonchev–Trinajstić information content (AvgIpc) is 2.53. The molecule has 1 unspecified atom stereocenters. The zero-order chi connectivity index (χ0) is 18.8. The SMILES string of the molecule is Cc1cccc(C)c1N(CC(C)N(C)C)S(=O)(=O)c1cncc(F)c1. The van der Waals surface area contributed by atoms with Crippen LogP contribution in [0.5, 0.6) is 0 Å². The third-order valence-corrected chi connectivity index (χ3v) is 6.00. The van der Waals surface area contributed by atoms with Crippen molar-refractivity contribution in [2.24, 2.45) is 0 Å². The maximum atomic E-state index is 13.6. The molecular weight excluding hydrogens is 341 g/mol. The molecule has 0 saturated carbocycles. The van der Waals surface area contributed by atoms with Gasteiger partial charge in [-0.15, -0.1) is 0 Å². The van der Waals surface area contributed by atoms with Gasteiger partial charge in [-0.1, -0.05) is 18.2 Å². The van der Waals surface area contributed by atoms with Crippen molar-refractivity contribution < 1.29 is 12.8 Å². The molecule has 0 amide bonds. The molecule has 1 aromatic carbocycles. The number of likely N-dealkylation sites (N-methyl/N-ethyl adjacent to an activating group) is 1. The number of halogens is 1. The zero-order valence-corrected chi connectivity index (χ0v) is 16.0. The van der Waals surface area contributed by atoms with Gasteiger partial charge in [0.2, 0.25) is 0 Å². The summed E-state index contributed by atoms with van der Waals surface area (Å²) in [7, 11) is -0.160. The minimum atomic E-state index is -3.95. The van der Waals surface area contributed by atoms with Crippen molar-refractivity contribution in [3.05, 3.63) is 53.6 Å². The van der Waals surface area contributed by atoms with Crippen LogP contribution in [-0.4, -0.2) is 45.0 Å². The molecule has 5 nitrogen and oxygen atoms in total. The predicted octanol–water partition coefficient (Wildman–Crippen LogP) is 2.98. The molecule has 0 N–H and O–H groups in total. The normalized spacial score (nSPS) is 13.1. The molecule has 0 saturated heterocycles. The Morgan fingerprint density at radius 3 is 2.28 bits per heavy atom. The van der Waals surface area contributed by atoms with E-state index in [1.54, 1.807) is 0 Å². The molecule has 25 heavy (non-hydrogen) atoms. The van der Waals surface area contributed by atoms with E-state index >= 15 is 0 Å². The number of sulfonamides is 1. The fourth-order valence-electron chi connectivity index (χ4n) is 2.57. The summed E-state index contributed by atoms with van der Waals surface area (Å²) in [5, 5.41) is 0. The van der Waals surface area contributed by atoms with Crippen molar-refractivity contribution in [3.63, 3.8) is 0 Å². The van der Waals surface area contributed by atoms with Crippen LogP contribution in [0.15, 0.2) is 41.6 Å². The first-order chi connectivity index (χ1) is 11.6. The molecule has 0 aliphatic heterocycles. The average molecular weight is 365 g/mol. The second-order valence-corrected chi connectivity index (χ2v) is 8.29. The molecule has 1 heterocycles. The molecule has 0 aliphatic carbocycles. The Hall–Kier alpha value is -1.99. The first-order valence-electron chi connectivity index (χ1n) is 8.00. The summed E-state index contributed by atoms with van der Waals surface area (Å²) in [6.45, 7) is 5.93. The highest BCUT2D eigenvalue weighted by atomic mass is 32.2. The number of rotatable bonds is 6. The molecule has 2 rings (SSSR count). The summed E-state index contributed by atoms with van der Waals surface area (Å²) >= 11 is 0. The van der Waals surface area contributed by atoms with Crippen molar-refractivity contribution >= 4 is 15.7 Å². The van der Waals surface area contributed by atoms with Crippen LogP contribution >= 0.6 is 0 Å². The van der Waals surface area contributed by atoms with Crippen molar-refractivity contribution in [3.8, 4) is 0 Å². The number of pyridine rings is 1. The number of aromatic nitrogens is 1. The highest BCUT2D eigenvalue weighted by Crippen LogP contribution is 2.30. The highest BCUT2D eigenvalue weighted by Gasteiger charge is 2.29. The van der Waals surface area contributed by atoms with Crippen LogP contribution in [-0.2, 0) is 10.0 Å². The van der Waals surface area contributed by atoms with Crippen LogP contribution in [0.25, 0.3) is 0 Å². The molecule has 1 atom stereocenters. The van der Waals surface area contributed by atoms with Crippen LogP contribution in [0.1, 0.15) is 18.1 Å². The molecule has 0 bridgehead atoms. The molecule has 1 aromatic heterocycles. The summed E-state index contributed by atoms with van der Waals surface area (Å²) in [6, 6.07) is 6.60. The molecule has 2 aromatic rings. The summed E-state index contributed by atoms with van der Waals surface area (Å²) in [6.07, 6.45) is 2.17. The molecule has 0 radical (unpaired) electrons. The Kier molecular flexibility index (Phi) is 5.80. The standard InChI is InChI=1S/C18H24FN3O2S/c1-13-7-6-8-14(2)18(13)22(12-15(3)21(4)5)25(23,24)17-9-16(19)10-20-11-17/h6-11,15H,12H2,1-5H3. The maximum absolute atomic E-state index is 13.6. The van der Waals surface area contributed by atoms with Crippen molar-refractivity contribution in [1.29, 1.82) is 0 Å². The summed E-state index contributed by atoms with van der Waals surface area (Å²) in [4.78, 5) is 5.49. The van der Waals surface area contributed by atoms with E-state index in [1.807, 2.05) is 58.0 Å². The lowest BCUT2D eigenvalue weighted by Crippen LogP contribution is -2.42. The van der Waals surface area contributed by atoms with Gasteiger partial charge in [0.25, 0.3) is 10.0 Å². The van der Waals surface area contributed by atoms with Crippen molar-refractivity contribution in [2.75, 3.05) is 24.9 Å². The Morgan fingerprint density at radius 2 is 1.76 bits per heavy atom. The molecular formula is C18H24FN3O2S. The quantitative estimate of drug-likeness (QED) is 0.790.